The Morgan fingerprint density at radius 3 is 2.89 bits per heavy atom. The number of aromatic nitrogens is 1. The number of anilines is 1. The first-order valence-electron chi connectivity index (χ1n) is 5.81. The summed E-state index contributed by atoms with van der Waals surface area (Å²) in [5, 5.41) is 3.46. The van der Waals surface area contributed by atoms with Crippen molar-refractivity contribution < 1.29 is 4.79 Å². The number of aryl methyl sites for hydroxylation is 1. The van der Waals surface area contributed by atoms with Gasteiger partial charge in [0.1, 0.15) is 0 Å². The minimum absolute atomic E-state index is 0.0965. The minimum atomic E-state index is -0.576. The Kier molecular flexibility index (Phi) is 3.36. The van der Waals surface area contributed by atoms with E-state index >= 15 is 0 Å². The van der Waals surface area contributed by atoms with E-state index in [1.54, 1.807) is 0 Å². The summed E-state index contributed by atoms with van der Waals surface area (Å²) in [5.74, 6) is -0.0965. The lowest BCUT2D eigenvalue weighted by molar-refractivity contribution is -0.123. The zero-order valence-corrected chi connectivity index (χ0v) is 11.6. The van der Waals surface area contributed by atoms with Crippen LogP contribution in [0.1, 0.15) is 19.4 Å². The van der Waals surface area contributed by atoms with Gasteiger partial charge in [-0.1, -0.05) is 17.4 Å². The van der Waals surface area contributed by atoms with E-state index < -0.39 is 5.41 Å². The number of carbonyl (C=O) groups is 1. The Balaban J connectivity index is 2.25. The van der Waals surface area contributed by atoms with Gasteiger partial charge in [0.2, 0.25) is 5.91 Å². The summed E-state index contributed by atoms with van der Waals surface area (Å²) < 4.78 is 1.08. The molecule has 1 aromatic heterocycles. The van der Waals surface area contributed by atoms with E-state index in [1.165, 1.54) is 16.9 Å². The third-order valence-corrected chi connectivity index (χ3v) is 3.82. The van der Waals surface area contributed by atoms with E-state index in [2.05, 4.69) is 16.4 Å². The van der Waals surface area contributed by atoms with Crippen LogP contribution in [-0.4, -0.2) is 17.4 Å². The smallest absolute Gasteiger partial charge is 0.233 e. The standard InChI is InChI=1S/C13H17N3OS/c1-8-4-5-9-10(6-8)18-12(15-9)16-11(17)13(2,3)7-14/h4-6H,7,14H2,1-3H3,(H,15,16,17). The Morgan fingerprint density at radius 1 is 1.50 bits per heavy atom. The third kappa shape index (κ3) is 2.52. The second-order valence-corrected chi connectivity index (χ2v) is 6.06. The highest BCUT2D eigenvalue weighted by atomic mass is 32.1. The monoisotopic (exact) mass is 263 g/mol. The number of thiazole rings is 1. The SMILES string of the molecule is Cc1ccc2nc(NC(=O)C(C)(C)CN)sc2c1. The van der Waals surface area contributed by atoms with Gasteiger partial charge in [-0.25, -0.2) is 4.98 Å². The normalized spacial score (nSPS) is 11.8. The first-order valence-corrected chi connectivity index (χ1v) is 6.63. The maximum Gasteiger partial charge on any atom is 0.233 e. The van der Waals surface area contributed by atoms with Crippen molar-refractivity contribution in [1.82, 2.24) is 4.98 Å². The van der Waals surface area contributed by atoms with Crippen molar-refractivity contribution in [2.45, 2.75) is 20.8 Å². The van der Waals surface area contributed by atoms with E-state index in [-0.39, 0.29) is 5.91 Å². The molecule has 0 aliphatic rings. The molecule has 18 heavy (non-hydrogen) atoms. The van der Waals surface area contributed by atoms with E-state index in [4.69, 9.17) is 5.73 Å². The highest BCUT2D eigenvalue weighted by Crippen LogP contribution is 2.27. The van der Waals surface area contributed by atoms with Gasteiger partial charge in [-0.15, -0.1) is 0 Å². The molecule has 1 amide bonds. The van der Waals surface area contributed by atoms with Crippen molar-refractivity contribution in [3.8, 4) is 0 Å². The molecule has 0 saturated carbocycles. The molecule has 0 atom stereocenters. The van der Waals surface area contributed by atoms with E-state index in [1.807, 2.05) is 32.9 Å². The van der Waals surface area contributed by atoms with E-state index in [9.17, 15) is 4.79 Å². The van der Waals surface area contributed by atoms with Crippen molar-refractivity contribution in [2.24, 2.45) is 11.1 Å². The van der Waals surface area contributed by atoms with Gasteiger partial charge in [-0.2, -0.15) is 0 Å². The summed E-state index contributed by atoms with van der Waals surface area (Å²) in [7, 11) is 0. The largest absolute Gasteiger partial charge is 0.329 e. The first-order chi connectivity index (χ1) is 8.42. The number of hydrogen-bond donors (Lipinski definition) is 2. The second kappa shape index (κ2) is 4.66. The fourth-order valence-electron chi connectivity index (χ4n) is 1.44. The summed E-state index contributed by atoms with van der Waals surface area (Å²) in [6.45, 7) is 5.98. The Morgan fingerprint density at radius 2 is 2.22 bits per heavy atom. The molecule has 3 N–H and O–H groups in total. The molecule has 2 aromatic rings. The second-order valence-electron chi connectivity index (χ2n) is 5.03. The van der Waals surface area contributed by atoms with Gasteiger partial charge in [0.05, 0.1) is 15.6 Å². The van der Waals surface area contributed by atoms with Crippen LogP contribution in [0.3, 0.4) is 0 Å². The number of hydrogen-bond acceptors (Lipinski definition) is 4. The summed E-state index contributed by atoms with van der Waals surface area (Å²) in [5.41, 5.74) is 7.10. The van der Waals surface area contributed by atoms with Crippen LogP contribution in [-0.2, 0) is 4.79 Å². The van der Waals surface area contributed by atoms with Crippen molar-refractivity contribution in [3.05, 3.63) is 23.8 Å². The predicted molar refractivity (Wildman–Crippen MR) is 75.8 cm³/mol. The molecule has 0 unspecified atom stereocenters. The van der Waals surface area contributed by atoms with Crippen molar-refractivity contribution >= 4 is 32.6 Å². The lowest BCUT2D eigenvalue weighted by Crippen LogP contribution is -2.37. The number of rotatable bonds is 3. The van der Waals surface area contributed by atoms with Crippen LogP contribution >= 0.6 is 11.3 Å². The van der Waals surface area contributed by atoms with Crippen molar-refractivity contribution in [2.75, 3.05) is 11.9 Å². The molecule has 1 aromatic carbocycles. The Hall–Kier alpha value is -1.46. The van der Waals surface area contributed by atoms with Gasteiger partial charge in [-0.3, -0.25) is 4.79 Å². The highest BCUT2D eigenvalue weighted by molar-refractivity contribution is 7.22. The van der Waals surface area contributed by atoms with Crippen molar-refractivity contribution in [3.63, 3.8) is 0 Å². The molecule has 0 aliphatic carbocycles. The van der Waals surface area contributed by atoms with Crippen molar-refractivity contribution in [1.29, 1.82) is 0 Å². The van der Waals surface area contributed by atoms with Crippen LogP contribution in [0.5, 0.6) is 0 Å². The molecule has 0 saturated heterocycles. The van der Waals surface area contributed by atoms with Crippen LogP contribution < -0.4 is 11.1 Å². The number of amides is 1. The summed E-state index contributed by atoms with van der Waals surface area (Å²) in [4.78, 5) is 16.4. The molecule has 2 rings (SSSR count). The number of nitrogens with one attached hydrogen (secondary N) is 1. The van der Waals surface area contributed by atoms with Crippen LogP contribution in [0.25, 0.3) is 10.2 Å². The molecule has 0 radical (unpaired) electrons. The molecular weight excluding hydrogens is 246 g/mol. The Labute approximate surface area is 110 Å². The fourth-order valence-corrected chi connectivity index (χ4v) is 2.40. The van der Waals surface area contributed by atoms with Gasteiger partial charge in [0.25, 0.3) is 0 Å². The molecule has 0 aliphatic heterocycles. The van der Waals surface area contributed by atoms with Gasteiger partial charge >= 0.3 is 0 Å². The summed E-state index contributed by atoms with van der Waals surface area (Å²) in [6, 6.07) is 6.04. The van der Waals surface area contributed by atoms with Crippen LogP contribution in [0.15, 0.2) is 18.2 Å². The minimum Gasteiger partial charge on any atom is -0.329 e. The molecule has 0 bridgehead atoms. The third-order valence-electron chi connectivity index (χ3n) is 2.89. The summed E-state index contributed by atoms with van der Waals surface area (Å²) >= 11 is 1.48. The number of nitrogens with zero attached hydrogens (tertiary/aromatic N) is 1. The van der Waals surface area contributed by atoms with Gasteiger partial charge < -0.3 is 11.1 Å². The molecule has 5 heteroatoms. The Bertz CT molecular complexity index is 589. The fraction of sp³-hybridized carbons (Fsp3) is 0.385. The van der Waals surface area contributed by atoms with Gasteiger partial charge in [0.15, 0.2) is 5.13 Å². The highest BCUT2D eigenvalue weighted by Gasteiger charge is 2.26. The lowest BCUT2D eigenvalue weighted by Gasteiger charge is -2.19. The van der Waals surface area contributed by atoms with Gasteiger partial charge in [-0.05, 0) is 38.5 Å². The van der Waals surface area contributed by atoms with Crippen LogP contribution in [0, 0.1) is 12.3 Å². The first kappa shape index (κ1) is 13.0. The predicted octanol–water partition coefficient (Wildman–Crippen LogP) is 2.53. The van der Waals surface area contributed by atoms with Crippen LogP contribution in [0.2, 0.25) is 0 Å². The molecule has 4 nitrogen and oxygen atoms in total. The molecule has 0 fully saturated rings. The van der Waals surface area contributed by atoms with Crippen LogP contribution in [0.4, 0.5) is 5.13 Å². The van der Waals surface area contributed by atoms with E-state index in [0.29, 0.717) is 11.7 Å². The zero-order chi connectivity index (χ0) is 13.3. The number of carbonyl (C=O) groups excluding carboxylic acids is 1. The van der Waals surface area contributed by atoms with E-state index in [0.717, 1.165) is 10.2 Å². The molecule has 0 spiro atoms. The molecular formula is C13H17N3OS. The average molecular weight is 263 g/mol. The molecule has 96 valence electrons. The zero-order valence-electron chi connectivity index (χ0n) is 10.8. The maximum atomic E-state index is 12.0. The maximum absolute atomic E-state index is 12.0. The quantitative estimate of drug-likeness (QED) is 0.894. The summed E-state index contributed by atoms with van der Waals surface area (Å²) in [6.07, 6.45) is 0. The number of fused-ring (bicyclic) bond motifs is 1. The topological polar surface area (TPSA) is 68.0 Å². The average Bonchev–Trinajstić information content (AvgIpc) is 2.70. The number of benzene rings is 1. The number of nitrogens with two attached hydrogens (primary N) is 1. The molecule has 1 heterocycles. The lowest BCUT2D eigenvalue weighted by atomic mass is 9.93. The van der Waals surface area contributed by atoms with Gasteiger partial charge in [0, 0.05) is 6.54 Å².